The molecule has 4 aromatic carbocycles. The lowest BCUT2D eigenvalue weighted by molar-refractivity contribution is -0.193. The minimum Gasteiger partial charge on any atom is -0.506 e. The molecule has 0 saturated carbocycles. The molecule has 0 bridgehead atoms. The Morgan fingerprint density at radius 2 is 1.38 bits per heavy atom. The summed E-state index contributed by atoms with van der Waals surface area (Å²) in [5.74, 6) is -5.57. The van der Waals surface area contributed by atoms with Gasteiger partial charge < -0.3 is 51.0 Å². The summed E-state index contributed by atoms with van der Waals surface area (Å²) >= 11 is 0. The van der Waals surface area contributed by atoms with E-state index >= 15 is 0 Å². The van der Waals surface area contributed by atoms with Crippen LogP contribution < -0.4 is 26.8 Å². The van der Waals surface area contributed by atoms with Crippen molar-refractivity contribution >= 4 is 40.7 Å². The molecule has 0 radical (unpaired) electrons. The maximum Gasteiger partial charge on any atom is 0.490 e. The van der Waals surface area contributed by atoms with Gasteiger partial charge in [0.1, 0.15) is 11.9 Å². The molecule has 2 heterocycles. The molecule has 1 aliphatic heterocycles. The Kier molecular flexibility index (Phi) is 18.9. The van der Waals surface area contributed by atoms with Crippen LogP contribution in [0.5, 0.6) is 5.75 Å². The van der Waals surface area contributed by atoms with Crippen LogP contribution in [0.25, 0.3) is 22.0 Å². The van der Waals surface area contributed by atoms with E-state index in [0.29, 0.717) is 48.3 Å². The zero-order chi connectivity index (χ0) is 48.4. The third kappa shape index (κ3) is 16.8. The molecule has 16 nitrogen and oxygen atoms in total. The Labute approximate surface area is 372 Å². The van der Waals surface area contributed by atoms with E-state index < -0.39 is 36.5 Å². The predicted octanol–water partition coefficient (Wildman–Crippen LogP) is 6.50. The Hall–Kier alpha value is -7.17. The summed E-state index contributed by atoms with van der Waals surface area (Å²) in [5.41, 5.74) is 5.16. The number of carboxylic acid groups (broad SMARTS) is 2. The molecular formula is C44H46F6N6O10. The largest absolute Gasteiger partial charge is 0.506 e. The summed E-state index contributed by atoms with van der Waals surface area (Å²) in [6.45, 7) is 3.85. The van der Waals surface area contributed by atoms with Gasteiger partial charge in [0.05, 0.1) is 17.3 Å². The van der Waals surface area contributed by atoms with Gasteiger partial charge in [-0.1, -0.05) is 78.9 Å². The normalized spacial score (nSPS) is 13.5. The molecule has 1 aromatic heterocycles. The summed E-state index contributed by atoms with van der Waals surface area (Å²) in [6, 6.07) is 31.2. The number of carbonyl (C=O) groups excluding carboxylic acids is 2. The fourth-order valence-corrected chi connectivity index (χ4v) is 6.44. The number of aromatic amines is 1. The topological polar surface area (TPSA) is 243 Å². The molecule has 9 N–H and O–H groups in total. The number of para-hydroxylation sites is 1. The highest BCUT2D eigenvalue weighted by atomic mass is 19.4. The number of likely N-dealkylation sites (tertiary alicyclic amines) is 1. The molecule has 22 heteroatoms. The number of aliphatic hydroxyl groups is 1. The zero-order valence-corrected chi connectivity index (χ0v) is 34.8. The van der Waals surface area contributed by atoms with E-state index in [1.807, 2.05) is 78.9 Å². The van der Waals surface area contributed by atoms with Crippen molar-refractivity contribution in [1.29, 1.82) is 0 Å². The number of carboxylic acids is 2. The lowest BCUT2D eigenvalue weighted by Crippen LogP contribution is -2.44. The number of halogens is 6. The van der Waals surface area contributed by atoms with Gasteiger partial charge in [0.15, 0.2) is 0 Å². The molecule has 1 saturated heterocycles. The first-order valence-electron chi connectivity index (χ1n) is 20.0. The number of hydrogen-bond donors (Lipinski definition) is 9. The molecule has 66 heavy (non-hydrogen) atoms. The van der Waals surface area contributed by atoms with Crippen molar-refractivity contribution in [2.24, 2.45) is 0 Å². The van der Waals surface area contributed by atoms with Crippen molar-refractivity contribution in [3.63, 3.8) is 0 Å². The standard InChI is InChI=1S/C40H44N6O6.2C2HF3O2/c47-35-15-13-32(33-14-16-37(49)45-38(33)35)36(48)26-41-24-27-7-6-8-28(23-27)25-43-39(50)42-19-22-46-20-17-30(18-21-46)52-40(51)44-34-12-5-4-11-31(34)29-9-2-1-3-10-29;2*3-2(4,5)1(6)7/h1-16,23,30,36,41,47-48H,17-22,24-26H2,(H,44,51)(H,45,49)(H2,42,43,50);2*(H,6,7)/t36-;;/m0../s1. The van der Waals surface area contributed by atoms with Crippen molar-refractivity contribution in [3.05, 3.63) is 130 Å². The second kappa shape index (κ2) is 24.2. The molecule has 1 aliphatic rings. The van der Waals surface area contributed by atoms with Gasteiger partial charge in [-0.05, 0) is 53.3 Å². The van der Waals surface area contributed by atoms with Crippen molar-refractivity contribution in [2.75, 3.05) is 38.0 Å². The molecule has 0 unspecified atom stereocenters. The molecule has 354 valence electrons. The molecule has 5 aromatic rings. The number of phenols is 1. The average molecular weight is 933 g/mol. The Morgan fingerprint density at radius 1 is 0.773 bits per heavy atom. The van der Waals surface area contributed by atoms with Crippen LogP contribution in [-0.2, 0) is 27.4 Å². The van der Waals surface area contributed by atoms with Gasteiger partial charge >= 0.3 is 36.4 Å². The Bertz CT molecular complexity index is 2440. The maximum absolute atomic E-state index is 12.7. The van der Waals surface area contributed by atoms with Gasteiger partial charge in [-0.2, -0.15) is 26.3 Å². The monoisotopic (exact) mass is 932 g/mol. The highest BCUT2D eigenvalue weighted by Crippen LogP contribution is 2.29. The Morgan fingerprint density at radius 3 is 2.02 bits per heavy atom. The van der Waals surface area contributed by atoms with Crippen molar-refractivity contribution in [3.8, 4) is 16.9 Å². The number of carbonyl (C=O) groups is 4. The number of aliphatic hydroxyl groups excluding tert-OH is 1. The van der Waals surface area contributed by atoms with Gasteiger partial charge in [-0.25, -0.2) is 19.2 Å². The number of fused-ring (bicyclic) bond motifs is 1. The van der Waals surface area contributed by atoms with Crippen LogP contribution in [0, 0.1) is 0 Å². The number of alkyl halides is 6. The van der Waals surface area contributed by atoms with Crippen LogP contribution >= 0.6 is 0 Å². The third-order valence-corrected chi connectivity index (χ3v) is 9.63. The maximum atomic E-state index is 12.7. The van der Waals surface area contributed by atoms with Gasteiger partial charge in [-0.3, -0.25) is 10.1 Å². The van der Waals surface area contributed by atoms with E-state index in [1.165, 1.54) is 12.1 Å². The number of aliphatic carboxylic acids is 2. The number of nitrogens with zero attached hydrogens (tertiary/aromatic N) is 1. The van der Waals surface area contributed by atoms with E-state index in [1.54, 1.807) is 12.1 Å². The number of benzene rings is 4. The molecule has 6 rings (SSSR count). The zero-order valence-electron chi connectivity index (χ0n) is 34.8. The average Bonchev–Trinajstić information content (AvgIpc) is 3.27. The van der Waals surface area contributed by atoms with E-state index in [9.17, 15) is 50.9 Å². The lowest BCUT2D eigenvalue weighted by atomic mass is 10.0. The van der Waals surface area contributed by atoms with Gasteiger partial charge in [0.2, 0.25) is 5.56 Å². The van der Waals surface area contributed by atoms with Gasteiger partial charge in [-0.15, -0.1) is 0 Å². The van der Waals surface area contributed by atoms with Crippen LogP contribution in [0.3, 0.4) is 0 Å². The number of piperidine rings is 1. The summed E-state index contributed by atoms with van der Waals surface area (Å²) in [4.78, 5) is 59.6. The van der Waals surface area contributed by atoms with Crippen molar-refractivity contribution in [1.82, 2.24) is 25.8 Å². The highest BCUT2D eigenvalue weighted by molar-refractivity contribution is 5.91. The fourth-order valence-electron chi connectivity index (χ4n) is 6.44. The fraction of sp³-hybridized carbons (Fsp3) is 0.295. The van der Waals surface area contributed by atoms with Gasteiger partial charge in [0, 0.05) is 62.8 Å². The number of nitrogens with one attached hydrogen (secondary N) is 5. The van der Waals surface area contributed by atoms with Crippen molar-refractivity contribution < 1.29 is 70.7 Å². The van der Waals surface area contributed by atoms with E-state index in [-0.39, 0.29) is 30.0 Å². The first-order chi connectivity index (χ1) is 31.2. The van der Waals surface area contributed by atoms with Crippen LogP contribution in [-0.4, -0.2) is 106 Å². The molecule has 3 amide bonds. The van der Waals surface area contributed by atoms with Crippen molar-refractivity contribution in [2.45, 2.75) is 50.5 Å². The molecular weight excluding hydrogens is 887 g/mol. The molecule has 1 atom stereocenters. The minimum absolute atomic E-state index is 0.0525. The number of ether oxygens (including phenoxy) is 1. The number of anilines is 1. The van der Waals surface area contributed by atoms with Gasteiger partial charge in [0.25, 0.3) is 0 Å². The number of hydrogen-bond acceptors (Lipinski definition) is 10. The second-order valence-corrected chi connectivity index (χ2v) is 14.5. The van der Waals surface area contributed by atoms with E-state index in [2.05, 4.69) is 31.2 Å². The highest BCUT2D eigenvalue weighted by Gasteiger charge is 2.39. The quantitative estimate of drug-likeness (QED) is 0.0575. The number of aromatic nitrogens is 1. The SMILES string of the molecule is O=C(NCCN1CCC(OC(=O)Nc2ccccc2-c2ccccc2)CC1)NCc1cccc(CNC[C@H](O)c2ccc(O)c3[nH]c(=O)ccc23)c1.O=C(O)C(F)(F)F.O=C(O)C(F)(F)F. The number of urea groups is 1. The minimum atomic E-state index is -5.08. The van der Waals surface area contributed by atoms with E-state index in [0.717, 1.165) is 48.2 Å². The molecule has 0 aliphatic carbocycles. The summed E-state index contributed by atoms with van der Waals surface area (Å²) in [7, 11) is 0. The number of amides is 3. The van der Waals surface area contributed by atoms with Crippen LogP contribution in [0.15, 0.2) is 108 Å². The first kappa shape index (κ1) is 51.5. The summed E-state index contributed by atoms with van der Waals surface area (Å²) < 4.78 is 69.2. The van der Waals surface area contributed by atoms with Crippen LogP contribution in [0.1, 0.15) is 35.6 Å². The third-order valence-electron chi connectivity index (χ3n) is 9.63. The number of aromatic hydroxyl groups is 1. The number of H-pyrrole nitrogens is 1. The number of pyridine rings is 1. The van der Waals surface area contributed by atoms with Crippen LogP contribution in [0.2, 0.25) is 0 Å². The summed E-state index contributed by atoms with van der Waals surface area (Å²) in [5, 5.41) is 47.8. The van der Waals surface area contributed by atoms with E-state index in [4.69, 9.17) is 24.5 Å². The Balaban J connectivity index is 0.000000590. The first-order valence-corrected chi connectivity index (χ1v) is 20.0. The second-order valence-electron chi connectivity index (χ2n) is 14.5. The molecule has 1 fully saturated rings. The van der Waals surface area contributed by atoms with Crippen LogP contribution in [0.4, 0.5) is 41.6 Å². The number of rotatable bonds is 13. The predicted molar refractivity (Wildman–Crippen MR) is 228 cm³/mol. The smallest absolute Gasteiger partial charge is 0.490 e. The molecule has 0 spiro atoms. The lowest BCUT2D eigenvalue weighted by Gasteiger charge is -2.31. The number of phenolic OH excluding ortho intramolecular Hbond substituents is 1. The summed E-state index contributed by atoms with van der Waals surface area (Å²) in [6.07, 6.45) is -10.2.